The maximum atomic E-state index is 10.8. The van der Waals surface area contributed by atoms with Gasteiger partial charge in [-0.15, -0.1) is 0 Å². The Morgan fingerprint density at radius 1 is 0.900 bits per heavy atom. The van der Waals surface area contributed by atoms with Gasteiger partial charge >= 0.3 is 12.3 Å². The number of unbranched alkanes of at least 4 members (excludes halogenated alkanes) is 5. The Kier molecular flexibility index (Phi) is 11.5. The van der Waals surface area contributed by atoms with Gasteiger partial charge in [0.25, 0.3) is 0 Å². The minimum Gasteiger partial charge on any atom is -0.434 e. The van der Waals surface area contributed by atoms with Crippen molar-refractivity contribution >= 4 is 18.4 Å². The van der Waals surface area contributed by atoms with Crippen molar-refractivity contribution in [1.82, 2.24) is 0 Å². The third-order valence-corrected chi connectivity index (χ3v) is 5.01. The second-order valence-corrected chi connectivity index (χ2v) is 7.61. The second-order valence-electron chi connectivity index (χ2n) is 7.61. The highest BCUT2D eigenvalue weighted by Gasteiger charge is 2.20. The fourth-order valence-electron chi connectivity index (χ4n) is 3.23. The van der Waals surface area contributed by atoms with Crippen LogP contribution in [0.5, 0.6) is 0 Å². The van der Waals surface area contributed by atoms with Crippen molar-refractivity contribution in [3.8, 4) is 0 Å². The number of carbonyl (C=O) groups is 2. The molecule has 2 aliphatic heterocycles. The number of carbonyl (C=O) groups excluding carboxylic acids is 2. The molecule has 0 spiro atoms. The Morgan fingerprint density at radius 3 is 2.30 bits per heavy atom. The zero-order valence-corrected chi connectivity index (χ0v) is 17.9. The molecule has 0 N–H and O–H groups in total. The first-order chi connectivity index (χ1) is 14.7. The van der Waals surface area contributed by atoms with Gasteiger partial charge in [0.15, 0.2) is 0 Å². The molecule has 2 fully saturated rings. The highest BCUT2D eigenvalue weighted by Crippen LogP contribution is 2.16. The normalized spacial score (nSPS) is 19.2. The van der Waals surface area contributed by atoms with Crippen LogP contribution in [0.2, 0.25) is 0 Å². The summed E-state index contributed by atoms with van der Waals surface area (Å²) in [6.07, 6.45) is 12.3. The molecule has 6 nitrogen and oxygen atoms in total. The molecule has 1 unspecified atom stereocenters. The summed E-state index contributed by atoms with van der Waals surface area (Å²) < 4.78 is 19.3. The van der Waals surface area contributed by atoms with Gasteiger partial charge in [-0.2, -0.15) is 0 Å². The van der Waals surface area contributed by atoms with Gasteiger partial charge in [-0.3, -0.25) is 0 Å². The monoisotopic (exact) mass is 418 g/mol. The SMILES string of the molecule is CCCCCCCCC1COC(=O)OC1.O=C1OCCC(/C=C/c2ccccc2)O1. The average molecular weight is 419 g/mol. The van der Waals surface area contributed by atoms with Crippen LogP contribution >= 0.6 is 0 Å². The number of hydrogen-bond donors (Lipinski definition) is 0. The summed E-state index contributed by atoms with van der Waals surface area (Å²) in [5.74, 6) is 0.425. The summed E-state index contributed by atoms with van der Waals surface area (Å²) in [5.41, 5.74) is 1.10. The smallest absolute Gasteiger partial charge is 0.434 e. The second kappa shape index (κ2) is 14.5. The van der Waals surface area contributed by atoms with Gasteiger partial charge in [0.05, 0.1) is 6.61 Å². The molecule has 0 radical (unpaired) electrons. The van der Waals surface area contributed by atoms with E-state index in [2.05, 4.69) is 11.7 Å². The van der Waals surface area contributed by atoms with Crippen LogP contribution in [0.15, 0.2) is 36.4 Å². The van der Waals surface area contributed by atoms with Crippen LogP contribution in [-0.2, 0) is 18.9 Å². The van der Waals surface area contributed by atoms with Gasteiger partial charge in [-0.05, 0) is 18.1 Å². The van der Waals surface area contributed by atoms with E-state index in [1.165, 1.54) is 38.5 Å². The largest absolute Gasteiger partial charge is 0.508 e. The molecule has 0 aromatic heterocycles. The molecule has 1 aromatic carbocycles. The van der Waals surface area contributed by atoms with Crippen molar-refractivity contribution in [2.75, 3.05) is 19.8 Å². The molecule has 0 saturated carbocycles. The minimum atomic E-state index is -0.580. The van der Waals surface area contributed by atoms with E-state index in [9.17, 15) is 9.59 Å². The molecule has 1 aromatic rings. The van der Waals surface area contributed by atoms with Crippen molar-refractivity contribution in [3.63, 3.8) is 0 Å². The first-order valence-corrected chi connectivity index (χ1v) is 11.0. The molecule has 6 heteroatoms. The van der Waals surface area contributed by atoms with Crippen molar-refractivity contribution < 1.29 is 28.5 Å². The van der Waals surface area contributed by atoms with E-state index < -0.39 is 12.3 Å². The van der Waals surface area contributed by atoms with Crippen LogP contribution in [0.25, 0.3) is 6.08 Å². The van der Waals surface area contributed by atoms with E-state index >= 15 is 0 Å². The van der Waals surface area contributed by atoms with Gasteiger partial charge in [0.2, 0.25) is 0 Å². The summed E-state index contributed by atoms with van der Waals surface area (Å²) in [5, 5.41) is 0. The third kappa shape index (κ3) is 10.3. The van der Waals surface area contributed by atoms with E-state index in [4.69, 9.17) is 14.2 Å². The molecule has 30 heavy (non-hydrogen) atoms. The lowest BCUT2D eigenvalue weighted by Gasteiger charge is -2.21. The van der Waals surface area contributed by atoms with Crippen LogP contribution in [0.1, 0.15) is 63.9 Å². The van der Waals surface area contributed by atoms with Crippen LogP contribution in [0, 0.1) is 5.92 Å². The lowest BCUT2D eigenvalue weighted by Crippen LogP contribution is -2.27. The Morgan fingerprint density at radius 2 is 1.60 bits per heavy atom. The zero-order chi connectivity index (χ0) is 21.4. The molecule has 2 aliphatic rings. The molecule has 0 bridgehead atoms. The fraction of sp³-hybridized carbons (Fsp3) is 0.583. The van der Waals surface area contributed by atoms with E-state index in [1.807, 2.05) is 42.5 Å². The lowest BCUT2D eigenvalue weighted by molar-refractivity contribution is -0.0146. The van der Waals surface area contributed by atoms with Crippen LogP contribution in [-0.4, -0.2) is 38.2 Å². The quantitative estimate of drug-likeness (QED) is 0.354. The Balaban J connectivity index is 0.000000214. The summed E-state index contributed by atoms with van der Waals surface area (Å²) >= 11 is 0. The van der Waals surface area contributed by atoms with Gasteiger partial charge in [-0.1, -0.05) is 81.9 Å². The number of hydrogen-bond acceptors (Lipinski definition) is 6. The molecule has 166 valence electrons. The molecular formula is C24H34O6. The van der Waals surface area contributed by atoms with Crippen molar-refractivity contribution in [1.29, 1.82) is 0 Å². The van der Waals surface area contributed by atoms with Gasteiger partial charge in [0.1, 0.15) is 19.3 Å². The van der Waals surface area contributed by atoms with Crippen molar-refractivity contribution in [3.05, 3.63) is 42.0 Å². The maximum Gasteiger partial charge on any atom is 0.508 e. The zero-order valence-electron chi connectivity index (χ0n) is 17.9. The summed E-state index contributed by atoms with van der Waals surface area (Å²) in [4.78, 5) is 21.4. The van der Waals surface area contributed by atoms with Gasteiger partial charge in [0, 0.05) is 12.3 Å². The van der Waals surface area contributed by atoms with Crippen LogP contribution in [0.4, 0.5) is 9.59 Å². The van der Waals surface area contributed by atoms with E-state index in [0.29, 0.717) is 25.7 Å². The number of cyclic esters (lactones) is 4. The third-order valence-electron chi connectivity index (χ3n) is 5.01. The molecule has 0 aliphatic carbocycles. The predicted molar refractivity (Wildman–Crippen MR) is 115 cm³/mol. The molecular weight excluding hydrogens is 384 g/mol. The van der Waals surface area contributed by atoms with Gasteiger partial charge in [-0.25, -0.2) is 9.59 Å². The van der Waals surface area contributed by atoms with Gasteiger partial charge < -0.3 is 18.9 Å². The topological polar surface area (TPSA) is 71.1 Å². The van der Waals surface area contributed by atoms with E-state index in [-0.39, 0.29) is 6.10 Å². The summed E-state index contributed by atoms with van der Waals surface area (Å²) in [7, 11) is 0. The van der Waals surface area contributed by atoms with Crippen molar-refractivity contribution in [2.24, 2.45) is 5.92 Å². The van der Waals surface area contributed by atoms with Crippen molar-refractivity contribution in [2.45, 2.75) is 64.4 Å². The lowest BCUT2D eigenvalue weighted by atomic mass is 10.0. The minimum absolute atomic E-state index is 0.161. The number of ether oxygens (including phenoxy) is 4. The Bertz CT molecular complexity index is 632. The van der Waals surface area contributed by atoms with Crippen LogP contribution < -0.4 is 0 Å². The molecule has 2 heterocycles. The first-order valence-electron chi connectivity index (χ1n) is 11.0. The number of benzene rings is 1. The molecule has 0 amide bonds. The highest BCUT2D eigenvalue weighted by atomic mass is 16.7. The van der Waals surface area contributed by atoms with Crippen LogP contribution in [0.3, 0.4) is 0 Å². The first kappa shape index (κ1) is 23.8. The Hall–Kier alpha value is -2.50. The molecule has 1 atom stereocenters. The summed E-state index contributed by atoms with van der Waals surface area (Å²) in [6.45, 7) is 3.76. The average Bonchev–Trinajstić information content (AvgIpc) is 2.77. The molecule has 2 saturated heterocycles. The maximum absolute atomic E-state index is 10.8. The fourth-order valence-corrected chi connectivity index (χ4v) is 3.23. The summed E-state index contributed by atoms with van der Waals surface area (Å²) in [6, 6.07) is 9.90. The Labute approximate surface area is 179 Å². The molecule has 3 rings (SSSR count). The standard InChI is InChI=1S/C12H12O3.C12H22O3/c13-12-14-9-8-11(15-12)7-6-10-4-2-1-3-5-10;1-2-3-4-5-6-7-8-11-9-14-12(13)15-10-11/h1-7,11H,8-9H2;11H,2-10H2,1H3/b7-6+;. The van der Waals surface area contributed by atoms with E-state index in [1.54, 1.807) is 0 Å². The predicted octanol–water partition coefficient (Wildman–Crippen LogP) is 6.15. The van der Waals surface area contributed by atoms with E-state index in [0.717, 1.165) is 18.4 Å². The highest BCUT2D eigenvalue weighted by molar-refractivity contribution is 5.61. The number of rotatable bonds is 9.